The third-order valence-corrected chi connectivity index (χ3v) is 3.64. The Bertz CT molecular complexity index is 865. The van der Waals surface area contributed by atoms with Crippen LogP contribution >= 0.6 is 12.9 Å². The maximum atomic E-state index is 11.4. The highest BCUT2D eigenvalue weighted by Crippen LogP contribution is 2.37. The van der Waals surface area contributed by atoms with E-state index in [9.17, 15) is 22.9 Å². The summed E-state index contributed by atoms with van der Waals surface area (Å²) in [6.45, 7) is 1.21. The molecule has 0 aromatic heterocycles. The SMILES string of the molecule is CC(=O)Nc1cc(S(=O)(=O)O)cc2cc(OOOS)cc(O)c12. The van der Waals surface area contributed by atoms with E-state index in [0.717, 1.165) is 18.2 Å². The van der Waals surface area contributed by atoms with E-state index in [0.29, 0.717) is 0 Å². The van der Waals surface area contributed by atoms with Crippen LogP contribution in [-0.2, 0) is 24.3 Å². The molecule has 1 amide bonds. The number of benzene rings is 2. The van der Waals surface area contributed by atoms with Crippen molar-refractivity contribution in [2.45, 2.75) is 11.8 Å². The van der Waals surface area contributed by atoms with Gasteiger partial charge in [-0.2, -0.15) is 8.42 Å². The fraction of sp³-hybridized carbons (Fsp3) is 0.0833. The Hall–Kier alpha value is -2.05. The second-order valence-corrected chi connectivity index (χ2v) is 5.96. The summed E-state index contributed by atoms with van der Waals surface area (Å²) in [5.41, 5.74) is -0.00182. The molecule has 0 saturated heterocycles. The van der Waals surface area contributed by atoms with Crippen molar-refractivity contribution in [3.05, 3.63) is 24.3 Å². The van der Waals surface area contributed by atoms with Crippen LogP contribution in [0.3, 0.4) is 0 Å². The molecule has 3 N–H and O–H groups in total. The highest BCUT2D eigenvalue weighted by Gasteiger charge is 2.17. The molecule has 2 aromatic rings. The standard InChI is InChI=1S/C12H11NO8S2/c1-6(14)13-10-5-9(23(16,17)18)3-7-2-8(19-20-21-22)4-11(15)12(7)10/h2-5,15,22H,1H3,(H,13,14)(H,16,17,18). The zero-order valence-corrected chi connectivity index (χ0v) is 13.2. The lowest BCUT2D eigenvalue weighted by Gasteiger charge is -2.12. The Morgan fingerprint density at radius 2 is 1.96 bits per heavy atom. The van der Waals surface area contributed by atoms with Crippen LogP contribution in [0, 0.1) is 0 Å². The van der Waals surface area contributed by atoms with Crippen LogP contribution in [0.4, 0.5) is 5.69 Å². The number of phenolic OH excluding ortho intramolecular Hbond substituents is 1. The van der Waals surface area contributed by atoms with Gasteiger partial charge < -0.3 is 15.3 Å². The smallest absolute Gasteiger partial charge is 0.294 e. The van der Waals surface area contributed by atoms with Crippen LogP contribution in [0.25, 0.3) is 10.8 Å². The molecule has 0 fully saturated rings. The molecule has 0 radical (unpaired) electrons. The number of nitrogens with one attached hydrogen (secondary N) is 1. The molecule has 124 valence electrons. The molecule has 0 atom stereocenters. The largest absolute Gasteiger partial charge is 0.507 e. The predicted octanol–water partition coefficient (Wildman–Crippen LogP) is 1.84. The van der Waals surface area contributed by atoms with Gasteiger partial charge in [-0.1, -0.05) is 0 Å². The molecule has 0 bridgehead atoms. The summed E-state index contributed by atoms with van der Waals surface area (Å²) in [4.78, 5) is 15.4. The number of rotatable bonds is 5. The average molecular weight is 361 g/mol. The number of carbonyl (C=O) groups excluding carboxylic acids is 1. The fourth-order valence-corrected chi connectivity index (χ4v) is 2.55. The van der Waals surface area contributed by atoms with Crippen molar-refractivity contribution < 1.29 is 37.1 Å². The van der Waals surface area contributed by atoms with E-state index in [1.807, 2.05) is 0 Å². The van der Waals surface area contributed by atoms with E-state index < -0.39 is 20.9 Å². The number of amides is 1. The van der Waals surface area contributed by atoms with E-state index in [-0.39, 0.29) is 28.0 Å². The Kier molecular flexibility index (Phi) is 4.97. The number of anilines is 1. The monoisotopic (exact) mass is 361 g/mol. The van der Waals surface area contributed by atoms with Gasteiger partial charge in [-0.3, -0.25) is 9.35 Å². The van der Waals surface area contributed by atoms with Gasteiger partial charge in [-0.15, -0.1) is 4.33 Å². The Labute approximate surface area is 136 Å². The molecule has 0 unspecified atom stereocenters. The van der Waals surface area contributed by atoms with Gasteiger partial charge in [0.1, 0.15) is 5.75 Å². The number of phenols is 1. The van der Waals surface area contributed by atoms with Crippen molar-refractivity contribution in [2.24, 2.45) is 0 Å². The molecular formula is C12H11NO8S2. The zero-order valence-electron chi connectivity index (χ0n) is 11.5. The van der Waals surface area contributed by atoms with Crippen LogP contribution in [0.1, 0.15) is 6.92 Å². The van der Waals surface area contributed by atoms with E-state index in [2.05, 4.69) is 32.5 Å². The van der Waals surface area contributed by atoms with Gasteiger partial charge in [-0.05, 0) is 28.6 Å². The minimum atomic E-state index is -4.54. The first-order chi connectivity index (χ1) is 10.7. The number of fused-ring (bicyclic) bond motifs is 1. The maximum Gasteiger partial charge on any atom is 0.294 e. The van der Waals surface area contributed by atoms with Crippen LogP contribution in [0.5, 0.6) is 11.5 Å². The number of thiol groups is 1. The predicted molar refractivity (Wildman–Crippen MR) is 81.5 cm³/mol. The normalized spacial score (nSPS) is 11.4. The Morgan fingerprint density at radius 3 is 2.52 bits per heavy atom. The molecule has 9 nitrogen and oxygen atoms in total. The van der Waals surface area contributed by atoms with Crippen molar-refractivity contribution in [3.8, 4) is 11.5 Å². The lowest BCUT2D eigenvalue weighted by atomic mass is 10.1. The maximum absolute atomic E-state index is 11.4. The highest BCUT2D eigenvalue weighted by atomic mass is 32.2. The number of carbonyl (C=O) groups is 1. The molecule has 11 heteroatoms. The molecule has 0 aliphatic rings. The first kappa shape index (κ1) is 17.3. The van der Waals surface area contributed by atoms with Gasteiger partial charge >= 0.3 is 0 Å². The van der Waals surface area contributed by atoms with E-state index in [4.69, 9.17) is 0 Å². The summed E-state index contributed by atoms with van der Waals surface area (Å²) in [6.07, 6.45) is 0. The first-order valence-corrected chi connectivity index (χ1v) is 7.73. The number of aromatic hydroxyl groups is 1. The third kappa shape index (κ3) is 4.03. The molecule has 0 aliphatic carbocycles. The van der Waals surface area contributed by atoms with Gasteiger partial charge in [-0.25, -0.2) is 0 Å². The van der Waals surface area contributed by atoms with Crippen molar-refractivity contribution in [2.75, 3.05) is 5.32 Å². The quantitative estimate of drug-likeness (QED) is 0.209. The molecule has 2 aromatic carbocycles. The van der Waals surface area contributed by atoms with E-state index >= 15 is 0 Å². The summed E-state index contributed by atoms with van der Waals surface area (Å²) in [7, 11) is -4.54. The summed E-state index contributed by atoms with van der Waals surface area (Å²) < 4.78 is 35.8. The number of hydrogen-bond donors (Lipinski definition) is 4. The molecule has 0 heterocycles. The van der Waals surface area contributed by atoms with Crippen molar-refractivity contribution in [3.63, 3.8) is 0 Å². The summed E-state index contributed by atoms with van der Waals surface area (Å²) in [5.74, 6) is -0.860. The summed E-state index contributed by atoms with van der Waals surface area (Å²) in [5, 5.41) is 16.9. The molecule has 23 heavy (non-hydrogen) atoms. The van der Waals surface area contributed by atoms with Crippen molar-refractivity contribution >= 4 is 45.4 Å². The average Bonchev–Trinajstić information content (AvgIpc) is 2.42. The molecular weight excluding hydrogens is 350 g/mol. The van der Waals surface area contributed by atoms with Crippen molar-refractivity contribution in [1.82, 2.24) is 0 Å². The lowest BCUT2D eigenvalue weighted by molar-refractivity contribution is -0.402. The molecule has 0 spiro atoms. The third-order valence-electron chi connectivity index (χ3n) is 2.74. The van der Waals surface area contributed by atoms with Gasteiger partial charge in [0, 0.05) is 31.3 Å². The van der Waals surface area contributed by atoms with Gasteiger partial charge in [0.05, 0.1) is 10.6 Å². The Morgan fingerprint density at radius 1 is 1.26 bits per heavy atom. The van der Waals surface area contributed by atoms with Crippen LogP contribution in [-0.4, -0.2) is 24.0 Å². The van der Waals surface area contributed by atoms with Crippen LogP contribution < -0.4 is 10.2 Å². The molecule has 0 aliphatic heterocycles. The second-order valence-electron chi connectivity index (χ2n) is 4.39. The second kappa shape index (κ2) is 6.60. The minimum absolute atomic E-state index is 0.00182. The van der Waals surface area contributed by atoms with Crippen molar-refractivity contribution in [1.29, 1.82) is 0 Å². The van der Waals surface area contributed by atoms with E-state index in [1.54, 1.807) is 0 Å². The lowest BCUT2D eigenvalue weighted by Crippen LogP contribution is -2.08. The molecule has 2 rings (SSSR count). The topological polar surface area (TPSA) is 131 Å². The Balaban J connectivity index is 2.73. The minimum Gasteiger partial charge on any atom is -0.507 e. The first-order valence-electron chi connectivity index (χ1n) is 5.93. The summed E-state index contributed by atoms with van der Waals surface area (Å²) in [6, 6.07) is 4.55. The van der Waals surface area contributed by atoms with Gasteiger partial charge in [0.25, 0.3) is 10.1 Å². The molecule has 0 saturated carbocycles. The zero-order chi connectivity index (χ0) is 17.2. The van der Waals surface area contributed by atoms with E-state index in [1.165, 1.54) is 13.0 Å². The van der Waals surface area contributed by atoms with Crippen LogP contribution in [0.2, 0.25) is 0 Å². The fourth-order valence-electron chi connectivity index (χ4n) is 1.98. The number of hydrogen-bond acceptors (Lipinski definition) is 8. The van der Waals surface area contributed by atoms with Gasteiger partial charge in [0.15, 0.2) is 5.75 Å². The van der Waals surface area contributed by atoms with Crippen LogP contribution in [0.15, 0.2) is 29.2 Å². The van der Waals surface area contributed by atoms with Gasteiger partial charge in [0.2, 0.25) is 5.91 Å². The highest BCUT2D eigenvalue weighted by molar-refractivity contribution is 7.85. The summed E-state index contributed by atoms with van der Waals surface area (Å²) >= 11 is 3.29.